The lowest BCUT2D eigenvalue weighted by Gasteiger charge is -2.10. The molecule has 7 heteroatoms. The molecule has 25 heavy (non-hydrogen) atoms. The molecular formula is C18H18N4O3. The predicted molar refractivity (Wildman–Crippen MR) is 94.1 cm³/mol. The number of para-hydroxylation sites is 3. The molecule has 0 unspecified atom stereocenters. The molecule has 0 saturated heterocycles. The molecule has 3 aromatic rings. The Bertz CT molecular complexity index is 904. The van der Waals surface area contributed by atoms with E-state index in [0.717, 1.165) is 11.0 Å². The molecule has 2 aromatic carbocycles. The van der Waals surface area contributed by atoms with E-state index in [1.807, 2.05) is 28.8 Å². The van der Waals surface area contributed by atoms with Gasteiger partial charge in [0.05, 0.1) is 48.9 Å². The molecule has 0 aliphatic rings. The molecule has 128 valence electrons. The minimum atomic E-state index is -0.492. The molecule has 0 aliphatic carbocycles. The zero-order valence-electron chi connectivity index (χ0n) is 13.7. The Morgan fingerprint density at radius 1 is 1.12 bits per heavy atom. The molecule has 0 atom stereocenters. The van der Waals surface area contributed by atoms with Crippen LogP contribution < -0.4 is 10.6 Å². The summed E-state index contributed by atoms with van der Waals surface area (Å²) in [4.78, 5) is 28.1. The van der Waals surface area contributed by atoms with Crippen LogP contribution in [0, 0.1) is 0 Å². The number of imidazole rings is 1. The van der Waals surface area contributed by atoms with Crippen molar-refractivity contribution >= 4 is 28.6 Å². The number of carbonyl (C=O) groups is 2. The van der Waals surface area contributed by atoms with Gasteiger partial charge in [0, 0.05) is 0 Å². The molecule has 0 fully saturated rings. The van der Waals surface area contributed by atoms with Crippen LogP contribution in [0.4, 0.5) is 5.69 Å². The number of benzene rings is 2. The number of carbonyl (C=O) groups excluding carboxylic acids is 2. The summed E-state index contributed by atoms with van der Waals surface area (Å²) < 4.78 is 6.63. The number of esters is 1. The van der Waals surface area contributed by atoms with Gasteiger partial charge in [-0.25, -0.2) is 9.78 Å². The van der Waals surface area contributed by atoms with Crippen LogP contribution in [0.5, 0.6) is 0 Å². The van der Waals surface area contributed by atoms with Gasteiger partial charge >= 0.3 is 5.97 Å². The van der Waals surface area contributed by atoms with Crippen LogP contribution in [-0.2, 0) is 16.2 Å². The molecule has 1 heterocycles. The molecule has 0 spiro atoms. The lowest BCUT2D eigenvalue weighted by atomic mass is 10.2. The second-order valence-electron chi connectivity index (χ2n) is 5.37. The number of ether oxygens (including phenoxy) is 1. The van der Waals surface area contributed by atoms with Crippen molar-refractivity contribution < 1.29 is 14.3 Å². The highest BCUT2D eigenvalue weighted by Gasteiger charge is 2.13. The quantitative estimate of drug-likeness (QED) is 0.672. The van der Waals surface area contributed by atoms with Crippen LogP contribution in [0.15, 0.2) is 54.9 Å². The first-order valence-electron chi connectivity index (χ1n) is 7.77. The van der Waals surface area contributed by atoms with Crippen LogP contribution in [0.2, 0.25) is 0 Å². The summed E-state index contributed by atoms with van der Waals surface area (Å²) in [5.41, 5.74) is 2.64. The fourth-order valence-electron chi connectivity index (χ4n) is 2.50. The SMILES string of the molecule is COC(=O)c1ccccc1NC(=O)CNCn1cnc2ccccc21. The number of hydrogen-bond acceptors (Lipinski definition) is 5. The fourth-order valence-corrected chi connectivity index (χ4v) is 2.50. The van der Waals surface area contributed by atoms with Crippen molar-refractivity contribution in [2.45, 2.75) is 6.67 Å². The highest BCUT2D eigenvalue weighted by Crippen LogP contribution is 2.15. The second-order valence-corrected chi connectivity index (χ2v) is 5.37. The summed E-state index contributed by atoms with van der Waals surface area (Å²) in [6, 6.07) is 14.5. The number of amides is 1. The highest BCUT2D eigenvalue weighted by atomic mass is 16.5. The van der Waals surface area contributed by atoms with Crippen molar-refractivity contribution in [2.75, 3.05) is 19.0 Å². The maximum atomic E-state index is 12.1. The van der Waals surface area contributed by atoms with Gasteiger partial charge in [-0.1, -0.05) is 24.3 Å². The van der Waals surface area contributed by atoms with Gasteiger partial charge in [0.15, 0.2) is 0 Å². The summed E-state index contributed by atoms with van der Waals surface area (Å²) >= 11 is 0. The number of aromatic nitrogens is 2. The first-order valence-corrected chi connectivity index (χ1v) is 7.77. The summed E-state index contributed by atoms with van der Waals surface area (Å²) in [5.74, 6) is -0.741. The average Bonchev–Trinajstić information content (AvgIpc) is 3.05. The highest BCUT2D eigenvalue weighted by molar-refractivity contribution is 6.01. The average molecular weight is 338 g/mol. The number of hydrogen-bond donors (Lipinski definition) is 2. The maximum Gasteiger partial charge on any atom is 0.339 e. The van der Waals surface area contributed by atoms with Crippen LogP contribution in [0.25, 0.3) is 11.0 Å². The third-order valence-electron chi connectivity index (χ3n) is 3.70. The molecule has 0 saturated carbocycles. The first kappa shape index (κ1) is 16.7. The van der Waals surface area contributed by atoms with Crippen LogP contribution >= 0.6 is 0 Å². The molecule has 0 bridgehead atoms. The van der Waals surface area contributed by atoms with E-state index < -0.39 is 5.97 Å². The minimum Gasteiger partial charge on any atom is -0.465 e. The maximum absolute atomic E-state index is 12.1. The molecule has 0 aliphatic heterocycles. The minimum absolute atomic E-state index is 0.0992. The van der Waals surface area contributed by atoms with Crippen molar-refractivity contribution in [3.63, 3.8) is 0 Å². The van der Waals surface area contributed by atoms with Crippen molar-refractivity contribution in [2.24, 2.45) is 0 Å². The van der Waals surface area contributed by atoms with Gasteiger partial charge in [-0.15, -0.1) is 0 Å². The molecule has 2 N–H and O–H groups in total. The van der Waals surface area contributed by atoms with E-state index in [1.54, 1.807) is 30.6 Å². The van der Waals surface area contributed by atoms with Gasteiger partial charge in [0.1, 0.15) is 0 Å². The van der Waals surface area contributed by atoms with Crippen LogP contribution in [0.3, 0.4) is 0 Å². The van der Waals surface area contributed by atoms with Gasteiger partial charge in [0.2, 0.25) is 5.91 Å². The number of fused-ring (bicyclic) bond motifs is 1. The van der Waals surface area contributed by atoms with E-state index in [2.05, 4.69) is 15.6 Å². The number of rotatable bonds is 6. The van der Waals surface area contributed by atoms with E-state index >= 15 is 0 Å². The molecule has 0 radical (unpaired) electrons. The Balaban J connectivity index is 1.58. The summed E-state index contributed by atoms with van der Waals surface area (Å²) in [5, 5.41) is 5.77. The molecule has 1 aromatic heterocycles. The Labute approximate surface area is 144 Å². The largest absolute Gasteiger partial charge is 0.465 e. The van der Waals surface area contributed by atoms with Crippen molar-refractivity contribution in [3.8, 4) is 0 Å². The lowest BCUT2D eigenvalue weighted by molar-refractivity contribution is -0.115. The Hall–Kier alpha value is -3.19. The number of nitrogens with one attached hydrogen (secondary N) is 2. The van der Waals surface area contributed by atoms with Crippen molar-refractivity contribution in [1.82, 2.24) is 14.9 Å². The summed E-state index contributed by atoms with van der Waals surface area (Å²) in [6.45, 7) is 0.550. The number of anilines is 1. The van der Waals surface area contributed by atoms with Crippen molar-refractivity contribution in [3.05, 3.63) is 60.4 Å². The van der Waals surface area contributed by atoms with E-state index in [4.69, 9.17) is 4.74 Å². The zero-order valence-corrected chi connectivity index (χ0v) is 13.7. The van der Waals surface area contributed by atoms with E-state index in [9.17, 15) is 9.59 Å². The van der Waals surface area contributed by atoms with Gasteiger partial charge in [0.25, 0.3) is 0 Å². The predicted octanol–water partition coefficient (Wildman–Crippen LogP) is 2.01. The molecule has 1 amide bonds. The molecule has 7 nitrogen and oxygen atoms in total. The Morgan fingerprint density at radius 2 is 1.88 bits per heavy atom. The van der Waals surface area contributed by atoms with Crippen LogP contribution in [0.1, 0.15) is 10.4 Å². The second kappa shape index (κ2) is 7.59. The zero-order chi connectivity index (χ0) is 17.6. The van der Waals surface area contributed by atoms with Crippen LogP contribution in [-0.4, -0.2) is 35.1 Å². The lowest BCUT2D eigenvalue weighted by Crippen LogP contribution is -2.30. The molecular weight excluding hydrogens is 320 g/mol. The standard InChI is InChI=1S/C18H18N4O3/c1-25-18(24)13-6-2-3-7-14(13)21-17(23)10-19-11-22-12-20-15-8-4-5-9-16(15)22/h2-9,12,19H,10-11H2,1H3,(H,21,23). The smallest absolute Gasteiger partial charge is 0.339 e. The van der Waals surface area contributed by atoms with Gasteiger partial charge in [-0.3, -0.25) is 10.1 Å². The third-order valence-corrected chi connectivity index (χ3v) is 3.70. The van der Waals surface area contributed by atoms with Crippen molar-refractivity contribution in [1.29, 1.82) is 0 Å². The fraction of sp³-hybridized carbons (Fsp3) is 0.167. The molecule has 3 rings (SSSR count). The first-order chi connectivity index (χ1) is 12.2. The summed E-state index contributed by atoms with van der Waals surface area (Å²) in [7, 11) is 1.30. The monoisotopic (exact) mass is 338 g/mol. The van der Waals surface area contributed by atoms with Gasteiger partial charge in [-0.05, 0) is 24.3 Å². The normalized spacial score (nSPS) is 10.6. The van der Waals surface area contributed by atoms with Gasteiger partial charge < -0.3 is 14.6 Å². The number of methoxy groups -OCH3 is 1. The topological polar surface area (TPSA) is 85.2 Å². The van der Waals surface area contributed by atoms with E-state index in [-0.39, 0.29) is 12.5 Å². The Kier molecular flexibility index (Phi) is 5.06. The summed E-state index contributed by atoms with van der Waals surface area (Å²) in [6.07, 6.45) is 1.72. The van der Waals surface area contributed by atoms with Gasteiger partial charge in [-0.2, -0.15) is 0 Å². The van der Waals surface area contributed by atoms with E-state index in [0.29, 0.717) is 17.9 Å². The van der Waals surface area contributed by atoms with E-state index in [1.165, 1.54) is 7.11 Å². The third kappa shape index (κ3) is 3.84. The number of nitrogens with zero attached hydrogens (tertiary/aromatic N) is 2. The Morgan fingerprint density at radius 3 is 2.72 bits per heavy atom.